The number of amides is 1. The van der Waals surface area contributed by atoms with Crippen LogP contribution in [-0.2, 0) is 33.1 Å². The van der Waals surface area contributed by atoms with E-state index in [9.17, 15) is 25.2 Å². The molecule has 2 aliphatic heterocycles. The highest BCUT2D eigenvalue weighted by molar-refractivity contribution is 6.58. The molecular weight excluding hydrogens is 717 g/mol. The molecule has 2 aromatic heterocycles. The van der Waals surface area contributed by atoms with Gasteiger partial charge in [0.05, 0.1) is 28.1 Å². The van der Waals surface area contributed by atoms with E-state index in [1.807, 2.05) is 73.1 Å². The van der Waals surface area contributed by atoms with Crippen molar-refractivity contribution in [3.63, 3.8) is 0 Å². The Morgan fingerprint density at radius 1 is 1.00 bits per heavy atom. The Balaban J connectivity index is 1.01. The molecule has 0 saturated carbocycles. The minimum atomic E-state index is -1.50. The summed E-state index contributed by atoms with van der Waals surface area (Å²) < 4.78 is 8.08. The largest absolute Gasteiger partial charge is 0.488 e. The van der Waals surface area contributed by atoms with Gasteiger partial charge >= 0.3 is 7.12 Å². The van der Waals surface area contributed by atoms with Crippen LogP contribution in [0.3, 0.4) is 0 Å². The van der Waals surface area contributed by atoms with Crippen LogP contribution in [0.4, 0.5) is 5.69 Å². The van der Waals surface area contributed by atoms with Crippen LogP contribution in [0.2, 0.25) is 5.02 Å². The summed E-state index contributed by atoms with van der Waals surface area (Å²) in [5, 5.41) is 42.1. The number of hydrogen-bond acceptors (Lipinski definition) is 10. The highest BCUT2D eigenvalue weighted by Crippen LogP contribution is 2.39. The van der Waals surface area contributed by atoms with Gasteiger partial charge in [0.25, 0.3) is 5.91 Å². The lowest BCUT2D eigenvalue weighted by Crippen LogP contribution is -2.32. The fraction of sp³-hybridized carbons (Fsp3) is 0.268. The molecule has 278 valence electrons. The summed E-state index contributed by atoms with van der Waals surface area (Å²) in [6, 6.07) is 24.5. The number of halogens is 1. The maximum Gasteiger partial charge on any atom is 0.488 e. The number of aliphatic hydroxyl groups is 1. The predicted molar refractivity (Wildman–Crippen MR) is 210 cm³/mol. The average molecular weight is 756 g/mol. The van der Waals surface area contributed by atoms with Gasteiger partial charge in [-0.15, -0.1) is 0 Å². The molecule has 12 nitrogen and oxygen atoms in total. The second-order valence-corrected chi connectivity index (χ2v) is 14.7. The molecular formula is C41H39BClN7O5. The number of carbonyl (C=O) groups is 1. The van der Waals surface area contributed by atoms with Crippen molar-refractivity contribution in [2.75, 3.05) is 25.0 Å². The second-order valence-electron chi connectivity index (χ2n) is 14.4. The van der Waals surface area contributed by atoms with Gasteiger partial charge in [0, 0.05) is 69.6 Å². The van der Waals surface area contributed by atoms with Crippen molar-refractivity contribution in [1.82, 2.24) is 24.3 Å². The summed E-state index contributed by atoms with van der Waals surface area (Å²) in [5.41, 5.74) is 9.33. The third kappa shape index (κ3) is 7.28. The van der Waals surface area contributed by atoms with E-state index in [0.717, 1.165) is 70.7 Å². The Kier molecular flexibility index (Phi) is 10.0. The van der Waals surface area contributed by atoms with Gasteiger partial charge in [-0.2, -0.15) is 5.26 Å². The van der Waals surface area contributed by atoms with Crippen LogP contribution in [0.25, 0.3) is 33.7 Å². The number of rotatable bonds is 9. The molecule has 6 aromatic rings. The molecule has 0 spiro atoms. The van der Waals surface area contributed by atoms with Crippen molar-refractivity contribution in [2.24, 2.45) is 7.05 Å². The number of aromatic nitrogens is 3. The second kappa shape index (κ2) is 15.1. The van der Waals surface area contributed by atoms with Gasteiger partial charge in [-0.1, -0.05) is 60.1 Å². The van der Waals surface area contributed by atoms with Crippen LogP contribution in [0.15, 0.2) is 77.2 Å². The van der Waals surface area contributed by atoms with Crippen molar-refractivity contribution < 1.29 is 24.4 Å². The zero-order valence-corrected chi connectivity index (χ0v) is 31.2. The summed E-state index contributed by atoms with van der Waals surface area (Å²) in [6.45, 7) is 6.02. The number of carbonyl (C=O) groups excluding carboxylic acids is 1. The molecule has 0 aliphatic carbocycles. The Labute approximate surface area is 323 Å². The number of β-amino-alcohol motifs (C(OH)–C–C–N with tert-alkyl or cyclic N) is 1. The van der Waals surface area contributed by atoms with Gasteiger partial charge in [-0.05, 0) is 65.3 Å². The summed E-state index contributed by atoms with van der Waals surface area (Å²) in [4.78, 5) is 27.7. The SMILES string of the molecule is Cc1c(-c2nc3cc(CN4CC[C@@H](O)C4)cc(C#N)c3o2)cccc1-c1cccc(NC(=O)c2nc3c(n2C)CCN(Cc2ccc(B(O)O)cc2)C3)c1Cl. The van der Waals surface area contributed by atoms with E-state index >= 15 is 0 Å². The van der Waals surface area contributed by atoms with E-state index in [-0.39, 0.29) is 12.0 Å². The van der Waals surface area contributed by atoms with Crippen LogP contribution in [0, 0.1) is 18.3 Å². The van der Waals surface area contributed by atoms with Crippen LogP contribution >= 0.6 is 11.6 Å². The van der Waals surface area contributed by atoms with Crippen molar-refractivity contribution in [3.05, 3.63) is 117 Å². The third-order valence-corrected chi connectivity index (χ3v) is 11.1. The van der Waals surface area contributed by atoms with Crippen molar-refractivity contribution in [1.29, 1.82) is 5.26 Å². The number of benzene rings is 4. The van der Waals surface area contributed by atoms with E-state index in [4.69, 9.17) is 26.0 Å². The number of imidazole rings is 1. The van der Waals surface area contributed by atoms with E-state index in [1.54, 1.807) is 18.2 Å². The lowest BCUT2D eigenvalue weighted by Gasteiger charge is -2.26. The minimum Gasteiger partial charge on any atom is -0.435 e. The van der Waals surface area contributed by atoms with E-state index in [0.29, 0.717) is 70.7 Å². The highest BCUT2D eigenvalue weighted by atomic mass is 35.5. The molecule has 14 heteroatoms. The fourth-order valence-electron chi connectivity index (χ4n) is 7.74. The van der Waals surface area contributed by atoms with E-state index < -0.39 is 7.12 Å². The van der Waals surface area contributed by atoms with Crippen molar-refractivity contribution >= 4 is 46.9 Å². The maximum absolute atomic E-state index is 13.7. The number of hydrogen-bond donors (Lipinski definition) is 4. The molecule has 0 radical (unpaired) electrons. The monoisotopic (exact) mass is 755 g/mol. The number of nitriles is 1. The molecule has 1 fully saturated rings. The Morgan fingerprint density at radius 3 is 2.49 bits per heavy atom. The first-order chi connectivity index (χ1) is 26.6. The molecule has 8 rings (SSSR count). The molecule has 2 aliphatic rings. The third-order valence-electron chi connectivity index (χ3n) is 10.6. The van der Waals surface area contributed by atoms with E-state index in [2.05, 4.69) is 21.2 Å². The summed E-state index contributed by atoms with van der Waals surface area (Å²) in [7, 11) is 0.356. The summed E-state index contributed by atoms with van der Waals surface area (Å²) in [6.07, 6.45) is 1.14. The lowest BCUT2D eigenvalue weighted by atomic mass is 9.80. The molecule has 4 heterocycles. The number of nitrogens with one attached hydrogen (secondary N) is 1. The predicted octanol–water partition coefficient (Wildman–Crippen LogP) is 4.79. The Hall–Kier alpha value is -5.33. The van der Waals surface area contributed by atoms with Gasteiger partial charge in [-0.25, -0.2) is 9.97 Å². The van der Waals surface area contributed by atoms with Crippen molar-refractivity contribution in [2.45, 2.75) is 45.5 Å². The fourth-order valence-corrected chi connectivity index (χ4v) is 8.02. The van der Waals surface area contributed by atoms with Crippen LogP contribution in [-0.4, -0.2) is 78.3 Å². The quantitative estimate of drug-likeness (QED) is 0.151. The Bertz CT molecular complexity index is 2470. The average Bonchev–Trinajstić information content (AvgIpc) is 3.88. The minimum absolute atomic E-state index is 0.293. The maximum atomic E-state index is 13.7. The zero-order valence-electron chi connectivity index (χ0n) is 30.5. The number of nitrogens with zero attached hydrogens (tertiary/aromatic N) is 6. The van der Waals surface area contributed by atoms with Crippen LogP contribution < -0.4 is 10.8 Å². The molecule has 1 saturated heterocycles. The molecule has 4 aromatic carbocycles. The van der Waals surface area contributed by atoms with Gasteiger partial charge < -0.3 is 29.5 Å². The van der Waals surface area contributed by atoms with Gasteiger partial charge in [0.1, 0.15) is 11.6 Å². The van der Waals surface area contributed by atoms with Gasteiger partial charge in [0.15, 0.2) is 11.4 Å². The molecule has 55 heavy (non-hydrogen) atoms. The smallest absolute Gasteiger partial charge is 0.435 e. The Morgan fingerprint density at radius 2 is 1.75 bits per heavy atom. The molecule has 0 bridgehead atoms. The van der Waals surface area contributed by atoms with Gasteiger partial charge in [-0.3, -0.25) is 14.6 Å². The number of anilines is 1. The topological polar surface area (TPSA) is 164 Å². The van der Waals surface area contributed by atoms with Crippen LogP contribution in [0.5, 0.6) is 0 Å². The molecule has 0 unspecified atom stereocenters. The zero-order chi connectivity index (χ0) is 38.4. The number of fused-ring (bicyclic) bond motifs is 2. The summed E-state index contributed by atoms with van der Waals surface area (Å²) in [5.74, 6) is 0.310. The lowest BCUT2D eigenvalue weighted by molar-refractivity contribution is 0.101. The first-order valence-corrected chi connectivity index (χ1v) is 18.6. The first kappa shape index (κ1) is 36.6. The number of aliphatic hydroxyl groups excluding tert-OH is 1. The molecule has 1 atom stereocenters. The standard InChI is InChI=1S/C41H39BClN7O5/c1-24-30(5-3-6-31(24)41-47-34-18-26(17-27(19-44)38(34)55-41)21-49-15-13-29(51)22-49)32-7-4-8-33(37(32)43)46-40(52)39-45-35-23-50(16-14-36(35)48(39)2)20-25-9-11-28(12-10-25)42(53)54/h3-12,17-18,29,51,53-54H,13-16,20-23H2,1-2H3,(H,46,52)/t29-/m1/s1. The summed E-state index contributed by atoms with van der Waals surface area (Å²) >= 11 is 7.04. The van der Waals surface area contributed by atoms with E-state index in [1.165, 1.54) is 0 Å². The number of likely N-dealkylation sites (tertiary alicyclic amines) is 1. The van der Waals surface area contributed by atoms with Crippen LogP contribution in [0.1, 0.15) is 50.7 Å². The molecule has 1 amide bonds. The van der Waals surface area contributed by atoms with Gasteiger partial charge in [0.2, 0.25) is 5.89 Å². The van der Waals surface area contributed by atoms with Crippen molar-refractivity contribution in [3.8, 4) is 28.7 Å². The first-order valence-electron chi connectivity index (χ1n) is 18.2. The highest BCUT2D eigenvalue weighted by Gasteiger charge is 2.27. The number of oxazole rings is 1. The normalized spacial score (nSPS) is 16.0. The molecule has 4 N–H and O–H groups in total.